The molecule has 0 unspecified atom stereocenters. The Bertz CT molecular complexity index is 736. The fourth-order valence-corrected chi connectivity index (χ4v) is 2.97. The third-order valence-electron chi connectivity index (χ3n) is 4.40. The standard InChI is InChI=1S/C19H23N3O4/c1-2-25-18(23)15-8-10-22(11-9-15)19(24)21-13-17-20-12-16(26-17)14-6-4-3-5-7-14/h3-7,12,15H,2,8-11,13H2,1H3,(H,21,24). The van der Waals surface area contributed by atoms with Crippen LogP contribution in [0.3, 0.4) is 0 Å². The Morgan fingerprint density at radius 3 is 2.69 bits per heavy atom. The second-order valence-electron chi connectivity index (χ2n) is 6.16. The van der Waals surface area contributed by atoms with Crippen molar-refractivity contribution >= 4 is 12.0 Å². The molecule has 1 aliphatic rings. The van der Waals surface area contributed by atoms with E-state index in [0.29, 0.717) is 44.2 Å². The predicted octanol–water partition coefficient (Wildman–Crippen LogP) is 2.83. The van der Waals surface area contributed by atoms with Crippen molar-refractivity contribution in [3.8, 4) is 11.3 Å². The Kier molecular flexibility index (Phi) is 5.88. The summed E-state index contributed by atoms with van der Waals surface area (Å²) in [7, 11) is 0. The number of carbonyl (C=O) groups is 2. The SMILES string of the molecule is CCOC(=O)C1CCN(C(=O)NCc2ncc(-c3ccccc3)o2)CC1. The predicted molar refractivity (Wildman–Crippen MR) is 95.1 cm³/mol. The van der Waals surface area contributed by atoms with E-state index in [1.807, 2.05) is 30.3 Å². The summed E-state index contributed by atoms with van der Waals surface area (Å²) >= 11 is 0. The molecule has 1 aromatic carbocycles. The maximum absolute atomic E-state index is 12.3. The zero-order valence-electron chi connectivity index (χ0n) is 14.8. The maximum atomic E-state index is 12.3. The minimum Gasteiger partial charge on any atom is -0.466 e. The number of esters is 1. The van der Waals surface area contributed by atoms with E-state index >= 15 is 0 Å². The molecule has 2 amide bonds. The lowest BCUT2D eigenvalue weighted by Gasteiger charge is -2.30. The highest BCUT2D eigenvalue weighted by molar-refractivity contribution is 5.76. The summed E-state index contributed by atoms with van der Waals surface area (Å²) in [4.78, 5) is 29.9. The molecule has 1 saturated heterocycles. The number of benzene rings is 1. The summed E-state index contributed by atoms with van der Waals surface area (Å²) in [5, 5.41) is 2.82. The van der Waals surface area contributed by atoms with Gasteiger partial charge < -0.3 is 19.4 Å². The molecule has 2 aromatic rings. The maximum Gasteiger partial charge on any atom is 0.317 e. The van der Waals surface area contributed by atoms with Crippen molar-refractivity contribution < 1.29 is 18.7 Å². The van der Waals surface area contributed by atoms with E-state index in [-0.39, 0.29) is 24.5 Å². The number of amides is 2. The molecule has 0 atom stereocenters. The van der Waals surface area contributed by atoms with E-state index < -0.39 is 0 Å². The van der Waals surface area contributed by atoms with E-state index in [9.17, 15) is 9.59 Å². The number of hydrogen-bond acceptors (Lipinski definition) is 5. The van der Waals surface area contributed by atoms with Gasteiger partial charge in [0.05, 0.1) is 25.3 Å². The molecular weight excluding hydrogens is 334 g/mol. The van der Waals surface area contributed by atoms with Crippen LogP contribution in [0.25, 0.3) is 11.3 Å². The van der Waals surface area contributed by atoms with Gasteiger partial charge in [-0.3, -0.25) is 4.79 Å². The third kappa shape index (κ3) is 4.41. The topological polar surface area (TPSA) is 84.7 Å². The van der Waals surface area contributed by atoms with Gasteiger partial charge >= 0.3 is 12.0 Å². The normalized spacial score (nSPS) is 14.9. The Hall–Kier alpha value is -2.83. The van der Waals surface area contributed by atoms with Crippen LogP contribution in [0.2, 0.25) is 0 Å². The molecule has 1 N–H and O–H groups in total. The van der Waals surface area contributed by atoms with Gasteiger partial charge in [0.1, 0.15) is 0 Å². The molecule has 26 heavy (non-hydrogen) atoms. The smallest absolute Gasteiger partial charge is 0.317 e. The molecule has 0 spiro atoms. The number of piperidine rings is 1. The van der Waals surface area contributed by atoms with E-state index in [1.54, 1.807) is 18.0 Å². The largest absolute Gasteiger partial charge is 0.466 e. The van der Waals surface area contributed by atoms with Crippen LogP contribution in [0.4, 0.5) is 4.79 Å². The summed E-state index contributed by atoms with van der Waals surface area (Å²) < 4.78 is 10.7. The van der Waals surface area contributed by atoms with Crippen molar-refractivity contribution in [1.82, 2.24) is 15.2 Å². The highest BCUT2D eigenvalue weighted by Crippen LogP contribution is 2.20. The van der Waals surface area contributed by atoms with Crippen molar-refractivity contribution in [2.45, 2.75) is 26.3 Å². The van der Waals surface area contributed by atoms with Crippen LogP contribution >= 0.6 is 0 Å². The van der Waals surface area contributed by atoms with E-state index in [1.165, 1.54) is 0 Å². The van der Waals surface area contributed by atoms with Gasteiger partial charge in [-0.25, -0.2) is 9.78 Å². The highest BCUT2D eigenvalue weighted by Gasteiger charge is 2.28. The Morgan fingerprint density at radius 2 is 2.00 bits per heavy atom. The van der Waals surface area contributed by atoms with Crippen LogP contribution in [-0.2, 0) is 16.1 Å². The molecule has 0 bridgehead atoms. The summed E-state index contributed by atoms with van der Waals surface area (Å²) in [5.41, 5.74) is 0.943. The van der Waals surface area contributed by atoms with Crippen LogP contribution in [0.1, 0.15) is 25.7 Å². The summed E-state index contributed by atoms with van der Waals surface area (Å²) in [5.74, 6) is 0.851. The molecule has 1 aliphatic heterocycles. The molecule has 1 fully saturated rings. The Balaban J connectivity index is 1.46. The van der Waals surface area contributed by atoms with Crippen molar-refractivity contribution in [2.24, 2.45) is 5.92 Å². The molecule has 0 saturated carbocycles. The first-order valence-electron chi connectivity index (χ1n) is 8.87. The number of rotatable bonds is 5. The van der Waals surface area contributed by atoms with Gasteiger partial charge in [0.2, 0.25) is 5.89 Å². The molecule has 0 radical (unpaired) electrons. The molecule has 138 valence electrons. The summed E-state index contributed by atoms with van der Waals surface area (Å²) in [6, 6.07) is 9.50. The molecule has 0 aliphatic carbocycles. The lowest BCUT2D eigenvalue weighted by atomic mass is 9.97. The fourth-order valence-electron chi connectivity index (χ4n) is 2.97. The molecule has 3 rings (SSSR count). The molecule has 1 aromatic heterocycles. The number of aromatic nitrogens is 1. The second kappa shape index (κ2) is 8.51. The Labute approximate surface area is 152 Å². The minimum absolute atomic E-state index is 0.112. The van der Waals surface area contributed by atoms with Crippen LogP contribution < -0.4 is 5.32 Å². The molecular formula is C19H23N3O4. The monoisotopic (exact) mass is 357 g/mol. The first-order chi connectivity index (χ1) is 12.7. The van der Waals surface area contributed by atoms with Gasteiger partial charge in [-0.2, -0.15) is 0 Å². The highest BCUT2D eigenvalue weighted by atomic mass is 16.5. The van der Waals surface area contributed by atoms with E-state index in [0.717, 1.165) is 5.56 Å². The Morgan fingerprint density at radius 1 is 1.27 bits per heavy atom. The van der Waals surface area contributed by atoms with Gasteiger partial charge in [0.15, 0.2) is 5.76 Å². The lowest BCUT2D eigenvalue weighted by molar-refractivity contribution is -0.149. The number of oxazole rings is 1. The van der Waals surface area contributed by atoms with Crippen LogP contribution in [0.5, 0.6) is 0 Å². The number of urea groups is 1. The number of ether oxygens (including phenoxy) is 1. The minimum atomic E-state index is -0.174. The van der Waals surface area contributed by atoms with E-state index in [2.05, 4.69) is 10.3 Å². The zero-order valence-corrected chi connectivity index (χ0v) is 14.8. The van der Waals surface area contributed by atoms with Crippen molar-refractivity contribution in [3.63, 3.8) is 0 Å². The van der Waals surface area contributed by atoms with Gasteiger partial charge in [-0.1, -0.05) is 30.3 Å². The van der Waals surface area contributed by atoms with Gasteiger partial charge in [0.25, 0.3) is 0 Å². The second-order valence-corrected chi connectivity index (χ2v) is 6.16. The first kappa shape index (κ1) is 18.0. The number of nitrogens with zero attached hydrogens (tertiary/aromatic N) is 2. The van der Waals surface area contributed by atoms with Crippen molar-refractivity contribution in [3.05, 3.63) is 42.4 Å². The van der Waals surface area contributed by atoms with Crippen LogP contribution in [-0.4, -0.2) is 41.6 Å². The van der Waals surface area contributed by atoms with Gasteiger partial charge in [-0.15, -0.1) is 0 Å². The molecule has 7 nitrogen and oxygen atoms in total. The number of hydrogen-bond donors (Lipinski definition) is 1. The molecule has 7 heteroatoms. The average molecular weight is 357 g/mol. The quantitative estimate of drug-likeness (QED) is 0.832. The third-order valence-corrected chi connectivity index (χ3v) is 4.40. The van der Waals surface area contributed by atoms with E-state index in [4.69, 9.17) is 9.15 Å². The van der Waals surface area contributed by atoms with Crippen LogP contribution in [0.15, 0.2) is 40.9 Å². The number of likely N-dealkylation sites (tertiary alicyclic amines) is 1. The number of carbonyl (C=O) groups excluding carboxylic acids is 2. The molecule has 2 heterocycles. The first-order valence-corrected chi connectivity index (χ1v) is 8.87. The zero-order chi connectivity index (χ0) is 18.4. The van der Waals surface area contributed by atoms with Gasteiger partial charge in [0, 0.05) is 18.7 Å². The summed E-state index contributed by atoms with van der Waals surface area (Å²) in [6.45, 7) is 3.49. The van der Waals surface area contributed by atoms with Crippen molar-refractivity contribution in [2.75, 3.05) is 19.7 Å². The fraction of sp³-hybridized carbons (Fsp3) is 0.421. The van der Waals surface area contributed by atoms with Crippen molar-refractivity contribution in [1.29, 1.82) is 0 Å². The lowest BCUT2D eigenvalue weighted by Crippen LogP contribution is -2.45. The summed E-state index contributed by atoms with van der Waals surface area (Å²) in [6.07, 6.45) is 2.91. The average Bonchev–Trinajstić information content (AvgIpc) is 3.16. The van der Waals surface area contributed by atoms with Gasteiger partial charge in [-0.05, 0) is 19.8 Å². The van der Waals surface area contributed by atoms with Crippen LogP contribution in [0, 0.1) is 5.92 Å². The number of nitrogens with one attached hydrogen (secondary N) is 1.